The first kappa shape index (κ1) is 29.8. The third-order valence-corrected chi connectivity index (χ3v) is 6.03. The maximum absolute atomic E-state index is 11.7. The number of rotatable bonds is 19. The summed E-state index contributed by atoms with van der Waals surface area (Å²) in [5.41, 5.74) is 0. The van der Waals surface area contributed by atoms with Gasteiger partial charge in [-0.2, -0.15) is 0 Å². The number of hydrogen-bond acceptors (Lipinski definition) is 4. The van der Waals surface area contributed by atoms with Crippen molar-refractivity contribution >= 4 is 17.8 Å². The van der Waals surface area contributed by atoms with E-state index in [4.69, 9.17) is 4.84 Å². The van der Waals surface area contributed by atoms with E-state index in [0.717, 1.165) is 44.9 Å². The Balaban J connectivity index is 1.84. The molecule has 5 heteroatoms. The molecular formula is C29H45NO4. The van der Waals surface area contributed by atoms with E-state index in [0.29, 0.717) is 11.5 Å². The standard InChI is InChI=1S/C29H45NO4/c1-2-3-4-5-6-7-8-9-10-11-12-13-14-15-16-17-18-19-20-21-22-23-24-29(33)34-30-27(31)25-26-28(30)32/h2-12,17-26H2,1H3. The molecule has 0 aromatic heterocycles. The van der Waals surface area contributed by atoms with Gasteiger partial charge in [-0.25, -0.2) is 4.79 Å². The van der Waals surface area contributed by atoms with E-state index in [-0.39, 0.29) is 19.3 Å². The number of amides is 2. The predicted molar refractivity (Wildman–Crippen MR) is 136 cm³/mol. The summed E-state index contributed by atoms with van der Waals surface area (Å²) >= 11 is 0. The minimum absolute atomic E-state index is 0.127. The summed E-state index contributed by atoms with van der Waals surface area (Å²) in [5, 5.41) is 0.617. The van der Waals surface area contributed by atoms with Crippen molar-refractivity contribution in [2.45, 2.75) is 142 Å². The van der Waals surface area contributed by atoms with Gasteiger partial charge in [0.25, 0.3) is 11.8 Å². The zero-order chi connectivity index (χ0) is 24.7. The van der Waals surface area contributed by atoms with E-state index < -0.39 is 17.8 Å². The number of imide groups is 1. The second-order valence-electron chi connectivity index (χ2n) is 9.20. The molecule has 0 bridgehead atoms. The highest BCUT2D eigenvalue weighted by atomic mass is 16.7. The maximum Gasteiger partial charge on any atom is 0.333 e. The van der Waals surface area contributed by atoms with Crippen LogP contribution in [0.3, 0.4) is 0 Å². The Morgan fingerprint density at radius 3 is 1.56 bits per heavy atom. The highest BCUT2D eigenvalue weighted by Gasteiger charge is 2.32. The lowest BCUT2D eigenvalue weighted by atomic mass is 10.1. The average Bonchev–Trinajstić information content (AvgIpc) is 3.14. The van der Waals surface area contributed by atoms with Crippen molar-refractivity contribution in [1.82, 2.24) is 5.06 Å². The van der Waals surface area contributed by atoms with E-state index in [1.165, 1.54) is 64.2 Å². The highest BCUT2D eigenvalue weighted by molar-refractivity contribution is 6.01. The fraction of sp³-hybridized carbons (Fsp3) is 0.759. The monoisotopic (exact) mass is 471 g/mol. The van der Waals surface area contributed by atoms with Gasteiger partial charge in [0.05, 0.1) is 0 Å². The molecule has 1 rings (SSSR count). The van der Waals surface area contributed by atoms with Gasteiger partial charge in [-0.3, -0.25) is 9.59 Å². The van der Waals surface area contributed by atoms with Gasteiger partial charge >= 0.3 is 5.97 Å². The number of carbonyl (C=O) groups is 3. The van der Waals surface area contributed by atoms with Crippen LogP contribution >= 0.6 is 0 Å². The van der Waals surface area contributed by atoms with E-state index in [2.05, 4.69) is 30.6 Å². The van der Waals surface area contributed by atoms with Crippen molar-refractivity contribution in [2.24, 2.45) is 0 Å². The molecule has 0 N–H and O–H groups in total. The molecule has 1 saturated heterocycles. The van der Waals surface area contributed by atoms with Crippen LogP contribution in [0.5, 0.6) is 0 Å². The number of unbranched alkanes of at least 4 members (excludes halogenated alkanes) is 16. The second kappa shape index (κ2) is 21.3. The summed E-state index contributed by atoms with van der Waals surface area (Å²) in [7, 11) is 0. The molecule has 0 aromatic rings. The lowest BCUT2D eigenvalue weighted by Crippen LogP contribution is -2.31. The summed E-state index contributed by atoms with van der Waals surface area (Å²) in [6, 6.07) is 0. The summed E-state index contributed by atoms with van der Waals surface area (Å²) in [5.74, 6) is 10.9. The molecule has 1 fully saturated rings. The third kappa shape index (κ3) is 16.4. The highest BCUT2D eigenvalue weighted by Crippen LogP contribution is 2.14. The summed E-state index contributed by atoms with van der Waals surface area (Å²) in [4.78, 5) is 39.4. The van der Waals surface area contributed by atoms with Crippen LogP contribution < -0.4 is 0 Å². The molecule has 0 radical (unpaired) electrons. The van der Waals surface area contributed by atoms with Gasteiger partial charge in [-0.15, -0.1) is 5.06 Å². The molecule has 34 heavy (non-hydrogen) atoms. The van der Waals surface area contributed by atoms with Gasteiger partial charge in [0.15, 0.2) is 0 Å². The first-order valence-corrected chi connectivity index (χ1v) is 13.7. The van der Waals surface area contributed by atoms with E-state index in [9.17, 15) is 14.4 Å². The van der Waals surface area contributed by atoms with E-state index >= 15 is 0 Å². The number of hydroxylamine groups is 2. The molecule has 0 aliphatic carbocycles. The molecule has 1 aliphatic heterocycles. The Kier molecular flexibility index (Phi) is 18.6. The molecule has 1 heterocycles. The van der Waals surface area contributed by atoms with Crippen molar-refractivity contribution in [1.29, 1.82) is 0 Å². The van der Waals surface area contributed by atoms with Gasteiger partial charge < -0.3 is 4.84 Å². The molecular weight excluding hydrogens is 426 g/mol. The number of nitrogens with zero attached hydrogens (tertiary/aromatic N) is 1. The van der Waals surface area contributed by atoms with Crippen LogP contribution in [0, 0.1) is 23.7 Å². The van der Waals surface area contributed by atoms with Crippen molar-refractivity contribution in [3.8, 4) is 23.7 Å². The van der Waals surface area contributed by atoms with Crippen molar-refractivity contribution < 1.29 is 19.2 Å². The largest absolute Gasteiger partial charge is 0.333 e. The molecule has 0 spiro atoms. The Labute approximate surface area is 207 Å². The Bertz CT molecular complexity index is 691. The van der Waals surface area contributed by atoms with Crippen LogP contribution in [0.4, 0.5) is 0 Å². The van der Waals surface area contributed by atoms with Crippen LogP contribution in [-0.2, 0) is 19.2 Å². The second-order valence-corrected chi connectivity index (χ2v) is 9.20. The van der Waals surface area contributed by atoms with Crippen LogP contribution in [0.15, 0.2) is 0 Å². The summed E-state index contributed by atoms with van der Waals surface area (Å²) < 4.78 is 0. The SMILES string of the molecule is CCCCCCCCCCCCC#CC#CCCCCCCCCC(=O)ON1C(=O)CCC1=O. The van der Waals surface area contributed by atoms with Gasteiger partial charge in [-0.1, -0.05) is 102 Å². The Hall–Kier alpha value is -2.27. The molecule has 0 saturated carbocycles. The lowest BCUT2D eigenvalue weighted by Gasteiger charge is -2.12. The molecule has 0 atom stereocenters. The first-order chi connectivity index (χ1) is 16.6. The van der Waals surface area contributed by atoms with Crippen molar-refractivity contribution in [3.05, 3.63) is 0 Å². The van der Waals surface area contributed by atoms with Gasteiger partial charge in [0.2, 0.25) is 0 Å². The molecule has 190 valence electrons. The zero-order valence-electron chi connectivity index (χ0n) is 21.4. The van der Waals surface area contributed by atoms with Crippen LogP contribution in [0.2, 0.25) is 0 Å². The smallest absolute Gasteiger partial charge is 0.330 e. The first-order valence-electron chi connectivity index (χ1n) is 13.7. The van der Waals surface area contributed by atoms with Crippen molar-refractivity contribution in [3.63, 3.8) is 0 Å². The molecule has 0 aromatic carbocycles. The minimum atomic E-state index is -0.506. The van der Waals surface area contributed by atoms with Gasteiger partial charge in [-0.05, 0) is 31.1 Å². The molecule has 5 nitrogen and oxygen atoms in total. The summed E-state index contributed by atoms with van der Waals surface area (Å²) in [6.45, 7) is 2.26. The zero-order valence-corrected chi connectivity index (χ0v) is 21.4. The topological polar surface area (TPSA) is 63.7 Å². The van der Waals surface area contributed by atoms with Gasteiger partial charge in [0.1, 0.15) is 0 Å². The van der Waals surface area contributed by atoms with Crippen LogP contribution in [0.25, 0.3) is 0 Å². The Morgan fingerprint density at radius 1 is 0.676 bits per heavy atom. The number of carbonyl (C=O) groups excluding carboxylic acids is 3. The minimum Gasteiger partial charge on any atom is -0.330 e. The normalized spacial score (nSPS) is 12.8. The van der Waals surface area contributed by atoms with Crippen LogP contribution in [0.1, 0.15) is 142 Å². The fourth-order valence-electron chi connectivity index (χ4n) is 3.91. The average molecular weight is 472 g/mol. The fourth-order valence-corrected chi connectivity index (χ4v) is 3.91. The lowest BCUT2D eigenvalue weighted by molar-refractivity contribution is -0.197. The van der Waals surface area contributed by atoms with Gasteiger partial charge in [0, 0.05) is 32.1 Å². The van der Waals surface area contributed by atoms with Crippen LogP contribution in [-0.4, -0.2) is 22.8 Å². The third-order valence-electron chi connectivity index (χ3n) is 6.03. The molecule has 0 unspecified atom stereocenters. The number of hydrogen-bond donors (Lipinski definition) is 0. The maximum atomic E-state index is 11.7. The van der Waals surface area contributed by atoms with E-state index in [1.54, 1.807) is 0 Å². The quantitative estimate of drug-likeness (QED) is 0.115. The van der Waals surface area contributed by atoms with Crippen molar-refractivity contribution in [2.75, 3.05) is 0 Å². The Morgan fingerprint density at radius 2 is 1.09 bits per heavy atom. The molecule has 1 aliphatic rings. The predicted octanol–water partition coefficient (Wildman–Crippen LogP) is 7.03. The van der Waals surface area contributed by atoms with E-state index in [1.807, 2.05) is 0 Å². The molecule has 2 amide bonds. The summed E-state index contributed by atoms with van der Waals surface area (Å²) in [6.07, 6.45) is 21.9.